The molecule has 0 aliphatic carbocycles. The van der Waals surface area contributed by atoms with Gasteiger partial charge in [0, 0.05) is 6.54 Å². The molecule has 1 aromatic rings. The number of halogens is 2. The minimum atomic E-state index is 0. The third-order valence-corrected chi connectivity index (χ3v) is 2.33. The van der Waals surface area contributed by atoms with Crippen molar-refractivity contribution in [1.82, 2.24) is 0 Å². The van der Waals surface area contributed by atoms with E-state index < -0.39 is 0 Å². The third kappa shape index (κ3) is 3.70. The minimum Gasteiger partial charge on any atom is -0.491 e. The van der Waals surface area contributed by atoms with Crippen molar-refractivity contribution in [3.8, 4) is 11.8 Å². The van der Waals surface area contributed by atoms with E-state index in [0.717, 1.165) is 9.32 Å². The Balaban J connectivity index is 0.00000169. The molecule has 2 N–H and O–H groups in total. The number of benzene rings is 1. The van der Waals surface area contributed by atoms with Crippen LogP contribution in [0, 0.1) is 14.9 Å². The van der Waals surface area contributed by atoms with Crippen LogP contribution in [0.1, 0.15) is 5.56 Å². The van der Waals surface area contributed by atoms with E-state index in [1.807, 2.05) is 6.07 Å². The van der Waals surface area contributed by atoms with Gasteiger partial charge in [0.25, 0.3) is 0 Å². The zero-order chi connectivity index (χ0) is 9.68. The quantitative estimate of drug-likeness (QED) is 0.864. The number of nitriles is 1. The van der Waals surface area contributed by atoms with Crippen molar-refractivity contribution < 1.29 is 4.74 Å². The van der Waals surface area contributed by atoms with Gasteiger partial charge < -0.3 is 10.5 Å². The van der Waals surface area contributed by atoms with Crippen LogP contribution in [0.2, 0.25) is 0 Å². The van der Waals surface area contributed by atoms with Crippen LogP contribution in [-0.2, 0) is 0 Å². The zero-order valence-corrected chi connectivity index (χ0v) is 10.3. The van der Waals surface area contributed by atoms with Crippen LogP contribution in [0.3, 0.4) is 0 Å². The molecule has 0 fully saturated rings. The normalized spacial score (nSPS) is 8.64. The standard InChI is InChI=1S/C9H9IN2O.ClH/c10-8-2-1-7(6-12)5-9(8)13-4-3-11;/h1-2,5H,3-4,11H2;1H. The van der Waals surface area contributed by atoms with Crippen LogP contribution < -0.4 is 10.5 Å². The van der Waals surface area contributed by atoms with Crippen LogP contribution in [-0.4, -0.2) is 13.2 Å². The lowest BCUT2D eigenvalue weighted by molar-refractivity contribution is 0.326. The number of rotatable bonds is 3. The predicted molar refractivity (Wildman–Crippen MR) is 65.7 cm³/mol. The van der Waals surface area contributed by atoms with Crippen molar-refractivity contribution in [3.63, 3.8) is 0 Å². The molecule has 0 aliphatic heterocycles. The van der Waals surface area contributed by atoms with Gasteiger partial charge in [0.15, 0.2) is 0 Å². The molecule has 0 amide bonds. The fourth-order valence-corrected chi connectivity index (χ4v) is 1.34. The van der Waals surface area contributed by atoms with Crippen molar-refractivity contribution >= 4 is 35.0 Å². The molecule has 0 bridgehead atoms. The van der Waals surface area contributed by atoms with Gasteiger partial charge in [-0.25, -0.2) is 0 Å². The molecule has 0 aromatic heterocycles. The fraction of sp³-hybridized carbons (Fsp3) is 0.222. The van der Waals surface area contributed by atoms with E-state index in [-0.39, 0.29) is 12.4 Å². The maximum Gasteiger partial charge on any atom is 0.133 e. The lowest BCUT2D eigenvalue weighted by Gasteiger charge is -2.06. The van der Waals surface area contributed by atoms with Gasteiger partial charge in [-0.3, -0.25) is 0 Å². The SMILES string of the molecule is Cl.N#Cc1ccc(I)c(OCCN)c1. The second kappa shape index (κ2) is 6.87. The van der Waals surface area contributed by atoms with E-state index in [0.29, 0.717) is 18.7 Å². The summed E-state index contributed by atoms with van der Waals surface area (Å²) in [5, 5.41) is 8.65. The third-order valence-electron chi connectivity index (χ3n) is 1.44. The Morgan fingerprint density at radius 2 is 2.21 bits per heavy atom. The second-order valence-electron chi connectivity index (χ2n) is 2.39. The molecule has 0 radical (unpaired) electrons. The van der Waals surface area contributed by atoms with Gasteiger partial charge in [0.2, 0.25) is 0 Å². The van der Waals surface area contributed by atoms with E-state index in [2.05, 4.69) is 28.7 Å². The summed E-state index contributed by atoms with van der Waals surface area (Å²) in [5.41, 5.74) is 5.91. The Hall–Kier alpha value is -0.510. The van der Waals surface area contributed by atoms with E-state index in [1.54, 1.807) is 12.1 Å². The topological polar surface area (TPSA) is 59.0 Å². The highest BCUT2D eigenvalue weighted by molar-refractivity contribution is 14.1. The molecule has 1 aromatic carbocycles. The van der Waals surface area contributed by atoms with Gasteiger partial charge in [-0.1, -0.05) is 0 Å². The molecular weight excluding hydrogens is 314 g/mol. The summed E-state index contributed by atoms with van der Waals surface area (Å²) >= 11 is 2.16. The van der Waals surface area contributed by atoms with Crippen LogP contribution in [0.15, 0.2) is 18.2 Å². The second-order valence-corrected chi connectivity index (χ2v) is 3.56. The summed E-state index contributed by atoms with van der Waals surface area (Å²) in [6.07, 6.45) is 0. The summed E-state index contributed by atoms with van der Waals surface area (Å²) in [4.78, 5) is 0. The lowest BCUT2D eigenvalue weighted by atomic mass is 10.2. The highest BCUT2D eigenvalue weighted by Crippen LogP contribution is 2.21. The summed E-state index contributed by atoms with van der Waals surface area (Å²) in [6.45, 7) is 0.956. The van der Waals surface area contributed by atoms with E-state index in [9.17, 15) is 0 Å². The molecule has 3 nitrogen and oxygen atoms in total. The average Bonchev–Trinajstić information content (AvgIpc) is 2.17. The zero-order valence-electron chi connectivity index (χ0n) is 7.37. The van der Waals surface area contributed by atoms with E-state index in [1.165, 1.54) is 0 Å². The Morgan fingerprint density at radius 3 is 2.79 bits per heavy atom. The first-order valence-electron chi connectivity index (χ1n) is 3.80. The fourth-order valence-electron chi connectivity index (χ4n) is 0.852. The molecule has 0 spiro atoms. The van der Waals surface area contributed by atoms with Gasteiger partial charge in [-0.15, -0.1) is 12.4 Å². The molecule has 0 saturated carbocycles. The minimum absolute atomic E-state index is 0. The molecule has 76 valence electrons. The number of nitrogens with two attached hydrogens (primary N) is 1. The number of nitrogens with zero attached hydrogens (tertiary/aromatic N) is 1. The number of ether oxygens (including phenoxy) is 1. The maximum atomic E-state index is 8.65. The average molecular weight is 325 g/mol. The van der Waals surface area contributed by atoms with Gasteiger partial charge in [-0.05, 0) is 40.8 Å². The summed E-state index contributed by atoms with van der Waals surface area (Å²) in [6, 6.07) is 7.39. The van der Waals surface area contributed by atoms with Crippen LogP contribution >= 0.6 is 35.0 Å². The summed E-state index contributed by atoms with van der Waals surface area (Å²) in [5.74, 6) is 0.727. The Labute approximate surface area is 103 Å². The molecule has 0 aliphatic rings. The van der Waals surface area contributed by atoms with Crippen LogP contribution in [0.4, 0.5) is 0 Å². The van der Waals surface area contributed by atoms with Gasteiger partial charge >= 0.3 is 0 Å². The Kier molecular flexibility index (Phi) is 6.62. The number of hydrogen-bond acceptors (Lipinski definition) is 3. The Morgan fingerprint density at radius 1 is 1.50 bits per heavy atom. The van der Waals surface area contributed by atoms with Crippen molar-refractivity contribution in [2.45, 2.75) is 0 Å². The van der Waals surface area contributed by atoms with Crippen molar-refractivity contribution in [1.29, 1.82) is 5.26 Å². The summed E-state index contributed by atoms with van der Waals surface area (Å²) < 4.78 is 6.34. The molecule has 14 heavy (non-hydrogen) atoms. The molecule has 0 saturated heterocycles. The lowest BCUT2D eigenvalue weighted by Crippen LogP contribution is -2.11. The number of hydrogen-bond donors (Lipinski definition) is 1. The van der Waals surface area contributed by atoms with Crippen molar-refractivity contribution in [3.05, 3.63) is 27.3 Å². The highest BCUT2D eigenvalue weighted by Gasteiger charge is 2.01. The molecule has 0 heterocycles. The van der Waals surface area contributed by atoms with Crippen LogP contribution in [0.25, 0.3) is 0 Å². The smallest absolute Gasteiger partial charge is 0.133 e. The maximum absolute atomic E-state index is 8.65. The van der Waals surface area contributed by atoms with E-state index in [4.69, 9.17) is 15.7 Å². The van der Waals surface area contributed by atoms with Gasteiger partial charge in [0.1, 0.15) is 12.4 Å². The Bertz CT molecular complexity index is 338. The highest BCUT2D eigenvalue weighted by atomic mass is 127. The first-order valence-corrected chi connectivity index (χ1v) is 4.88. The molecule has 1 rings (SSSR count). The monoisotopic (exact) mass is 324 g/mol. The summed E-state index contributed by atoms with van der Waals surface area (Å²) in [7, 11) is 0. The van der Waals surface area contributed by atoms with Crippen LogP contribution in [0.5, 0.6) is 5.75 Å². The first kappa shape index (κ1) is 13.5. The van der Waals surface area contributed by atoms with Crippen molar-refractivity contribution in [2.75, 3.05) is 13.2 Å². The van der Waals surface area contributed by atoms with E-state index >= 15 is 0 Å². The predicted octanol–water partition coefficient (Wildman–Crippen LogP) is 1.92. The molecule has 0 atom stereocenters. The first-order chi connectivity index (χ1) is 6.27. The largest absolute Gasteiger partial charge is 0.491 e. The van der Waals surface area contributed by atoms with Crippen molar-refractivity contribution in [2.24, 2.45) is 5.73 Å². The molecular formula is C9H10ClIN2O. The van der Waals surface area contributed by atoms with Gasteiger partial charge in [-0.2, -0.15) is 5.26 Å². The van der Waals surface area contributed by atoms with Gasteiger partial charge in [0.05, 0.1) is 15.2 Å². The molecule has 0 unspecified atom stereocenters. The molecule has 5 heteroatoms.